The molecule has 0 atom stereocenters. The van der Waals surface area contributed by atoms with Crippen molar-refractivity contribution in [1.29, 1.82) is 0 Å². The zero-order valence-corrected chi connectivity index (χ0v) is 9.88. The van der Waals surface area contributed by atoms with E-state index in [1.807, 2.05) is 12.1 Å². The standard InChI is InChI=1S/C12H13N3O3/c1-8-10(16)14-12(18)15(11(8)17)7-5-9-4-2-3-6-13-9/h2-4,6,17H,5,7H2,1H3,(H,14,16,18). The van der Waals surface area contributed by atoms with Crippen LogP contribution in [0.5, 0.6) is 5.88 Å². The van der Waals surface area contributed by atoms with Gasteiger partial charge in [0.2, 0.25) is 5.88 Å². The SMILES string of the molecule is Cc1c(O)n(CCc2ccccn2)c(=O)[nH]c1=O. The average Bonchev–Trinajstić information content (AvgIpc) is 2.37. The summed E-state index contributed by atoms with van der Waals surface area (Å²) in [5, 5.41) is 9.76. The third-order valence-corrected chi connectivity index (χ3v) is 2.71. The van der Waals surface area contributed by atoms with Gasteiger partial charge in [-0.2, -0.15) is 0 Å². The first-order valence-electron chi connectivity index (χ1n) is 5.52. The summed E-state index contributed by atoms with van der Waals surface area (Å²) < 4.78 is 1.13. The number of pyridine rings is 1. The Balaban J connectivity index is 2.28. The van der Waals surface area contributed by atoms with Crippen molar-refractivity contribution in [3.63, 3.8) is 0 Å². The minimum atomic E-state index is -0.612. The van der Waals surface area contributed by atoms with Crippen LogP contribution in [0.4, 0.5) is 0 Å². The molecule has 0 spiro atoms. The van der Waals surface area contributed by atoms with Gasteiger partial charge in [0.05, 0.1) is 5.56 Å². The van der Waals surface area contributed by atoms with Gasteiger partial charge in [0.25, 0.3) is 5.56 Å². The lowest BCUT2D eigenvalue weighted by Crippen LogP contribution is -2.31. The molecule has 18 heavy (non-hydrogen) atoms. The molecule has 0 aliphatic heterocycles. The number of nitrogens with zero attached hydrogens (tertiary/aromatic N) is 2. The van der Waals surface area contributed by atoms with Gasteiger partial charge in [-0.25, -0.2) is 4.79 Å². The summed E-state index contributed by atoms with van der Waals surface area (Å²) in [6.45, 7) is 1.73. The highest BCUT2D eigenvalue weighted by Crippen LogP contribution is 2.08. The molecule has 0 aliphatic carbocycles. The number of H-pyrrole nitrogens is 1. The molecule has 2 heterocycles. The lowest BCUT2D eigenvalue weighted by molar-refractivity contribution is 0.395. The van der Waals surface area contributed by atoms with E-state index in [1.165, 1.54) is 6.92 Å². The smallest absolute Gasteiger partial charge is 0.331 e. The summed E-state index contributed by atoms with van der Waals surface area (Å²) in [6.07, 6.45) is 2.16. The third-order valence-electron chi connectivity index (χ3n) is 2.71. The molecule has 94 valence electrons. The van der Waals surface area contributed by atoms with E-state index in [2.05, 4.69) is 9.97 Å². The first-order chi connectivity index (χ1) is 8.59. The van der Waals surface area contributed by atoms with Crippen LogP contribution in [0.25, 0.3) is 0 Å². The Morgan fingerprint density at radius 1 is 1.39 bits per heavy atom. The molecule has 0 radical (unpaired) electrons. The molecule has 0 unspecified atom stereocenters. The quantitative estimate of drug-likeness (QED) is 0.810. The molecule has 2 aromatic heterocycles. The van der Waals surface area contributed by atoms with Gasteiger partial charge >= 0.3 is 5.69 Å². The molecule has 2 rings (SSSR count). The van der Waals surface area contributed by atoms with Crippen molar-refractivity contribution in [1.82, 2.24) is 14.5 Å². The summed E-state index contributed by atoms with van der Waals surface area (Å²) in [5.41, 5.74) is -0.228. The van der Waals surface area contributed by atoms with Crippen LogP contribution >= 0.6 is 0 Å². The summed E-state index contributed by atoms with van der Waals surface area (Å²) >= 11 is 0. The van der Waals surface area contributed by atoms with Crippen molar-refractivity contribution < 1.29 is 5.11 Å². The predicted octanol–water partition coefficient (Wildman–Crippen LogP) is 0.188. The summed E-state index contributed by atoms with van der Waals surface area (Å²) in [4.78, 5) is 29.1. The Morgan fingerprint density at radius 3 is 2.83 bits per heavy atom. The van der Waals surface area contributed by atoms with Crippen LogP contribution in [0.3, 0.4) is 0 Å². The van der Waals surface area contributed by atoms with Gasteiger partial charge in [0, 0.05) is 24.9 Å². The van der Waals surface area contributed by atoms with E-state index in [0.29, 0.717) is 6.42 Å². The van der Waals surface area contributed by atoms with Crippen LogP contribution in [-0.2, 0) is 13.0 Å². The monoisotopic (exact) mass is 247 g/mol. The fourth-order valence-corrected chi connectivity index (χ4v) is 1.64. The van der Waals surface area contributed by atoms with Gasteiger partial charge in [-0.15, -0.1) is 0 Å². The second-order valence-corrected chi connectivity index (χ2v) is 3.93. The first-order valence-corrected chi connectivity index (χ1v) is 5.52. The van der Waals surface area contributed by atoms with E-state index in [0.717, 1.165) is 10.3 Å². The Morgan fingerprint density at radius 2 is 2.17 bits per heavy atom. The maximum absolute atomic E-state index is 11.6. The van der Waals surface area contributed by atoms with Crippen LogP contribution in [0.2, 0.25) is 0 Å². The van der Waals surface area contributed by atoms with E-state index in [4.69, 9.17) is 0 Å². The van der Waals surface area contributed by atoms with E-state index in [-0.39, 0.29) is 18.0 Å². The molecular formula is C12H13N3O3. The zero-order chi connectivity index (χ0) is 13.1. The van der Waals surface area contributed by atoms with Crippen LogP contribution in [0, 0.1) is 6.92 Å². The number of aromatic hydroxyl groups is 1. The number of aromatic amines is 1. The molecule has 0 saturated heterocycles. The first kappa shape index (κ1) is 12.1. The third kappa shape index (κ3) is 2.32. The van der Waals surface area contributed by atoms with Gasteiger partial charge in [-0.1, -0.05) is 6.07 Å². The number of nitrogens with one attached hydrogen (secondary N) is 1. The minimum absolute atomic E-state index is 0.135. The Hall–Kier alpha value is -2.37. The van der Waals surface area contributed by atoms with Gasteiger partial charge < -0.3 is 5.11 Å². The maximum atomic E-state index is 11.6. The van der Waals surface area contributed by atoms with Crippen molar-refractivity contribution >= 4 is 0 Å². The number of hydrogen-bond donors (Lipinski definition) is 2. The fourth-order valence-electron chi connectivity index (χ4n) is 1.64. The van der Waals surface area contributed by atoms with E-state index >= 15 is 0 Å². The molecule has 0 fully saturated rings. The number of rotatable bonds is 3. The van der Waals surface area contributed by atoms with Crippen LogP contribution in [0.15, 0.2) is 34.0 Å². The van der Waals surface area contributed by atoms with E-state index in [1.54, 1.807) is 12.3 Å². The zero-order valence-electron chi connectivity index (χ0n) is 9.88. The normalized spacial score (nSPS) is 10.5. The van der Waals surface area contributed by atoms with E-state index in [9.17, 15) is 14.7 Å². The van der Waals surface area contributed by atoms with Gasteiger partial charge in [-0.3, -0.25) is 19.3 Å². The number of aryl methyl sites for hydroxylation is 1. The molecule has 0 aromatic carbocycles. The van der Waals surface area contributed by atoms with E-state index < -0.39 is 11.2 Å². The Labute approximate surface area is 103 Å². The summed E-state index contributed by atoms with van der Waals surface area (Å²) in [6, 6.07) is 5.49. The van der Waals surface area contributed by atoms with Crippen molar-refractivity contribution in [2.45, 2.75) is 19.9 Å². The lowest BCUT2D eigenvalue weighted by Gasteiger charge is -2.08. The van der Waals surface area contributed by atoms with Crippen molar-refractivity contribution in [3.8, 4) is 5.88 Å². The van der Waals surface area contributed by atoms with Crippen LogP contribution in [-0.4, -0.2) is 19.6 Å². The summed E-state index contributed by atoms with van der Waals surface area (Å²) in [5.74, 6) is -0.292. The van der Waals surface area contributed by atoms with Gasteiger partial charge in [0.1, 0.15) is 0 Å². The predicted molar refractivity (Wildman–Crippen MR) is 65.7 cm³/mol. The Bertz CT molecular complexity index is 659. The lowest BCUT2D eigenvalue weighted by atomic mass is 10.2. The molecule has 0 aliphatic rings. The largest absolute Gasteiger partial charge is 0.494 e. The second-order valence-electron chi connectivity index (χ2n) is 3.93. The molecule has 2 aromatic rings. The van der Waals surface area contributed by atoms with Gasteiger partial charge in [0.15, 0.2) is 0 Å². The summed E-state index contributed by atoms with van der Waals surface area (Å²) in [7, 11) is 0. The highest BCUT2D eigenvalue weighted by atomic mass is 16.3. The highest BCUT2D eigenvalue weighted by molar-refractivity contribution is 5.20. The minimum Gasteiger partial charge on any atom is -0.494 e. The van der Waals surface area contributed by atoms with Crippen LogP contribution < -0.4 is 11.2 Å². The van der Waals surface area contributed by atoms with Gasteiger partial charge in [-0.05, 0) is 19.1 Å². The highest BCUT2D eigenvalue weighted by Gasteiger charge is 2.09. The molecule has 0 amide bonds. The average molecular weight is 247 g/mol. The van der Waals surface area contributed by atoms with Crippen LogP contribution in [0.1, 0.15) is 11.3 Å². The number of aromatic nitrogens is 3. The number of hydrogen-bond acceptors (Lipinski definition) is 4. The molecule has 2 N–H and O–H groups in total. The van der Waals surface area contributed by atoms with Crippen molar-refractivity contribution in [2.24, 2.45) is 0 Å². The molecular weight excluding hydrogens is 234 g/mol. The molecule has 0 bridgehead atoms. The molecule has 6 nitrogen and oxygen atoms in total. The molecule has 0 saturated carbocycles. The molecule has 6 heteroatoms. The Kier molecular flexibility index (Phi) is 3.27. The maximum Gasteiger partial charge on any atom is 0.331 e. The van der Waals surface area contributed by atoms with Crippen molar-refractivity contribution in [3.05, 3.63) is 56.5 Å². The fraction of sp³-hybridized carbons (Fsp3) is 0.250. The second kappa shape index (κ2) is 4.87. The van der Waals surface area contributed by atoms with Crippen molar-refractivity contribution in [2.75, 3.05) is 0 Å². The topological polar surface area (TPSA) is 88.0 Å².